The highest BCUT2D eigenvalue weighted by atomic mass is 35.5. The molecule has 1 heterocycles. The van der Waals surface area contributed by atoms with Crippen LogP contribution >= 0.6 is 22.9 Å². The Labute approximate surface area is 83.0 Å². The van der Waals surface area contributed by atoms with Gasteiger partial charge in [-0.2, -0.15) is 0 Å². The van der Waals surface area contributed by atoms with Gasteiger partial charge in [0.15, 0.2) is 0 Å². The molecule has 0 aliphatic heterocycles. The highest BCUT2D eigenvalue weighted by Gasteiger charge is 2.04. The van der Waals surface area contributed by atoms with Crippen molar-refractivity contribution >= 4 is 22.9 Å². The molecule has 1 nitrogen and oxygen atoms in total. The normalized spacial score (nSPS) is 11.1. The fourth-order valence-corrected chi connectivity index (χ4v) is 2.49. The molecule has 0 unspecified atom stereocenters. The van der Waals surface area contributed by atoms with Crippen LogP contribution in [0.2, 0.25) is 0 Å². The first kappa shape index (κ1) is 10.0. The van der Waals surface area contributed by atoms with Crippen LogP contribution in [0.25, 0.3) is 0 Å². The van der Waals surface area contributed by atoms with E-state index in [9.17, 15) is 0 Å². The molecule has 0 aliphatic rings. The third kappa shape index (κ3) is 2.47. The van der Waals surface area contributed by atoms with E-state index in [0.29, 0.717) is 5.88 Å². The summed E-state index contributed by atoms with van der Waals surface area (Å²) < 4.78 is 0. The van der Waals surface area contributed by atoms with Crippen molar-refractivity contribution in [1.82, 2.24) is 4.90 Å². The smallest absolute Gasteiger partial charge is 0.0568 e. The van der Waals surface area contributed by atoms with Crippen LogP contribution in [-0.4, -0.2) is 19.0 Å². The quantitative estimate of drug-likeness (QED) is 0.683. The number of hydrogen-bond acceptors (Lipinski definition) is 2. The second-order valence-electron chi connectivity index (χ2n) is 3.19. The van der Waals surface area contributed by atoms with Crippen LogP contribution in [0.5, 0.6) is 0 Å². The Balaban J connectivity index is 2.77. The molecule has 0 atom stereocenters. The van der Waals surface area contributed by atoms with E-state index in [2.05, 4.69) is 32.0 Å². The van der Waals surface area contributed by atoms with E-state index in [1.807, 2.05) is 11.3 Å². The van der Waals surface area contributed by atoms with Crippen LogP contribution in [0.4, 0.5) is 0 Å². The van der Waals surface area contributed by atoms with E-state index in [1.54, 1.807) is 0 Å². The molecule has 0 saturated heterocycles. The van der Waals surface area contributed by atoms with Gasteiger partial charge in [-0.15, -0.1) is 22.9 Å². The minimum atomic E-state index is 0.638. The molecule has 0 radical (unpaired) electrons. The summed E-state index contributed by atoms with van der Waals surface area (Å²) in [7, 11) is 4.17. The molecule has 0 fully saturated rings. The lowest BCUT2D eigenvalue weighted by Crippen LogP contribution is -2.09. The molecule has 3 heteroatoms. The molecule has 1 rings (SSSR count). The largest absolute Gasteiger partial charge is 0.304 e. The molecular weight excluding hydrogens is 190 g/mol. The lowest BCUT2D eigenvalue weighted by atomic mass is 10.2. The molecule has 0 amide bonds. The zero-order valence-corrected chi connectivity index (χ0v) is 9.30. The molecule has 0 aromatic carbocycles. The Morgan fingerprint density at radius 2 is 2.17 bits per heavy atom. The van der Waals surface area contributed by atoms with Crippen molar-refractivity contribution in [1.29, 1.82) is 0 Å². The number of rotatable bonds is 3. The summed E-state index contributed by atoms with van der Waals surface area (Å²) in [5.41, 5.74) is 1.37. The standard InChI is InChI=1S/C9H14ClNS/c1-7-4-8(5-10)12-9(7)6-11(2)3/h4H,5-6H2,1-3H3. The Morgan fingerprint density at radius 3 is 2.58 bits per heavy atom. The lowest BCUT2D eigenvalue weighted by Gasteiger charge is -2.07. The maximum absolute atomic E-state index is 5.75. The van der Waals surface area contributed by atoms with Gasteiger partial charge in [0.25, 0.3) is 0 Å². The SMILES string of the molecule is Cc1cc(CCl)sc1CN(C)C. The highest BCUT2D eigenvalue weighted by Crippen LogP contribution is 2.23. The van der Waals surface area contributed by atoms with Crippen molar-refractivity contribution in [3.8, 4) is 0 Å². The number of aryl methyl sites for hydroxylation is 1. The van der Waals surface area contributed by atoms with Crippen LogP contribution in [0.3, 0.4) is 0 Å². The van der Waals surface area contributed by atoms with Crippen molar-refractivity contribution in [2.45, 2.75) is 19.3 Å². The molecule has 1 aromatic rings. The monoisotopic (exact) mass is 203 g/mol. The van der Waals surface area contributed by atoms with Crippen molar-refractivity contribution < 1.29 is 0 Å². The summed E-state index contributed by atoms with van der Waals surface area (Å²) in [5, 5.41) is 0. The van der Waals surface area contributed by atoms with Gasteiger partial charge in [-0.3, -0.25) is 0 Å². The topological polar surface area (TPSA) is 3.24 Å². The third-order valence-corrected chi connectivity index (χ3v) is 3.33. The zero-order chi connectivity index (χ0) is 9.14. The van der Waals surface area contributed by atoms with E-state index < -0.39 is 0 Å². The number of halogens is 1. The molecule has 0 aliphatic carbocycles. The van der Waals surface area contributed by atoms with E-state index in [4.69, 9.17) is 11.6 Å². The fraction of sp³-hybridized carbons (Fsp3) is 0.556. The van der Waals surface area contributed by atoms with E-state index in [1.165, 1.54) is 15.3 Å². The van der Waals surface area contributed by atoms with E-state index in [-0.39, 0.29) is 0 Å². The number of nitrogens with zero attached hydrogens (tertiary/aromatic N) is 1. The van der Waals surface area contributed by atoms with Gasteiger partial charge in [-0.1, -0.05) is 0 Å². The van der Waals surface area contributed by atoms with Crippen LogP contribution in [0.15, 0.2) is 6.07 Å². The average Bonchev–Trinajstić information content (AvgIpc) is 2.31. The maximum atomic E-state index is 5.75. The summed E-state index contributed by atoms with van der Waals surface area (Å²) in [6, 6.07) is 2.18. The van der Waals surface area contributed by atoms with Gasteiger partial charge < -0.3 is 4.90 Å². The summed E-state index contributed by atoms with van der Waals surface area (Å²) in [6.07, 6.45) is 0. The van der Waals surface area contributed by atoms with Gasteiger partial charge in [0.2, 0.25) is 0 Å². The zero-order valence-electron chi connectivity index (χ0n) is 7.72. The molecule has 1 aromatic heterocycles. The second kappa shape index (κ2) is 4.26. The molecule has 0 bridgehead atoms. The van der Waals surface area contributed by atoms with Crippen molar-refractivity contribution in [2.24, 2.45) is 0 Å². The summed E-state index contributed by atoms with van der Waals surface area (Å²) in [6.45, 7) is 3.17. The van der Waals surface area contributed by atoms with Gasteiger partial charge in [-0.25, -0.2) is 0 Å². The fourth-order valence-electron chi connectivity index (χ4n) is 1.10. The van der Waals surface area contributed by atoms with Gasteiger partial charge >= 0.3 is 0 Å². The molecular formula is C9H14ClNS. The molecule has 0 N–H and O–H groups in total. The Morgan fingerprint density at radius 1 is 1.50 bits per heavy atom. The molecule has 0 spiro atoms. The minimum absolute atomic E-state index is 0.638. The first-order chi connectivity index (χ1) is 5.63. The van der Waals surface area contributed by atoms with Crippen molar-refractivity contribution in [3.05, 3.63) is 21.4 Å². The number of alkyl halides is 1. The van der Waals surface area contributed by atoms with E-state index in [0.717, 1.165) is 6.54 Å². The summed E-state index contributed by atoms with van der Waals surface area (Å²) >= 11 is 7.56. The molecule has 12 heavy (non-hydrogen) atoms. The van der Waals surface area contributed by atoms with Gasteiger partial charge in [0.1, 0.15) is 0 Å². The van der Waals surface area contributed by atoms with E-state index >= 15 is 0 Å². The van der Waals surface area contributed by atoms with Crippen molar-refractivity contribution in [2.75, 3.05) is 14.1 Å². The molecule has 68 valence electrons. The number of thiophene rings is 1. The summed E-state index contributed by atoms with van der Waals surface area (Å²) in [5.74, 6) is 0.638. The predicted molar refractivity (Wildman–Crippen MR) is 56.0 cm³/mol. The van der Waals surface area contributed by atoms with Gasteiger partial charge in [0.05, 0.1) is 5.88 Å². The van der Waals surface area contributed by atoms with Gasteiger partial charge in [-0.05, 0) is 32.6 Å². The maximum Gasteiger partial charge on any atom is 0.0568 e. The Hall–Kier alpha value is -0.0500. The number of hydrogen-bond donors (Lipinski definition) is 0. The Kier molecular flexibility index (Phi) is 3.56. The van der Waals surface area contributed by atoms with Crippen LogP contribution in [0.1, 0.15) is 15.3 Å². The highest BCUT2D eigenvalue weighted by molar-refractivity contribution is 7.12. The van der Waals surface area contributed by atoms with Crippen LogP contribution in [0, 0.1) is 6.92 Å². The second-order valence-corrected chi connectivity index (χ2v) is 4.68. The third-order valence-electron chi connectivity index (χ3n) is 1.66. The van der Waals surface area contributed by atoms with Crippen molar-refractivity contribution in [3.63, 3.8) is 0 Å². The lowest BCUT2D eigenvalue weighted by molar-refractivity contribution is 0.405. The van der Waals surface area contributed by atoms with Crippen LogP contribution < -0.4 is 0 Å². The first-order valence-corrected chi connectivity index (χ1v) is 5.27. The van der Waals surface area contributed by atoms with Gasteiger partial charge in [0, 0.05) is 16.3 Å². The average molecular weight is 204 g/mol. The summed E-state index contributed by atoms with van der Waals surface area (Å²) in [4.78, 5) is 4.87. The van der Waals surface area contributed by atoms with Crippen LogP contribution in [-0.2, 0) is 12.4 Å². The minimum Gasteiger partial charge on any atom is -0.304 e. The first-order valence-electron chi connectivity index (χ1n) is 3.92. The Bertz CT molecular complexity index is 255. The predicted octanol–water partition coefficient (Wildman–Crippen LogP) is 2.86. The molecule has 0 saturated carbocycles.